The van der Waals surface area contributed by atoms with Crippen LogP contribution in [0.15, 0.2) is 0 Å². The summed E-state index contributed by atoms with van der Waals surface area (Å²) in [5.74, 6) is -0.0959. The molecule has 5 nitrogen and oxygen atoms in total. The highest BCUT2D eigenvalue weighted by Gasteiger charge is 2.14. The zero-order chi connectivity index (χ0) is 13.0. The Balaban J connectivity index is 2.66. The molecule has 0 fully saturated rings. The van der Waals surface area contributed by atoms with Gasteiger partial charge in [0, 0.05) is 13.1 Å². The van der Waals surface area contributed by atoms with Crippen molar-refractivity contribution in [1.29, 1.82) is 0 Å². The fourth-order valence-corrected chi connectivity index (χ4v) is 2.21. The number of hydrogen-bond donors (Lipinski definition) is 1. The summed E-state index contributed by atoms with van der Waals surface area (Å²) in [6, 6.07) is 0.0984. The maximum absolute atomic E-state index is 11.5. The van der Waals surface area contributed by atoms with Crippen molar-refractivity contribution in [2.45, 2.75) is 19.9 Å². The maximum Gasteiger partial charge on any atom is 0.239 e. The SMILES string of the molecule is CC(C)NC(=O)CN(C)c1nc(Cl)c(C=O)s1. The van der Waals surface area contributed by atoms with Gasteiger partial charge in [-0.1, -0.05) is 22.9 Å². The molecule has 0 atom stereocenters. The fourth-order valence-electron chi connectivity index (χ4n) is 1.19. The van der Waals surface area contributed by atoms with Gasteiger partial charge in [-0.25, -0.2) is 4.98 Å². The molecule has 0 aliphatic rings. The fraction of sp³-hybridized carbons (Fsp3) is 0.500. The zero-order valence-corrected chi connectivity index (χ0v) is 11.4. The lowest BCUT2D eigenvalue weighted by molar-refractivity contribution is -0.120. The highest BCUT2D eigenvalue weighted by molar-refractivity contribution is 7.17. The van der Waals surface area contributed by atoms with Crippen LogP contribution >= 0.6 is 22.9 Å². The number of carbonyl (C=O) groups is 2. The van der Waals surface area contributed by atoms with Crippen molar-refractivity contribution in [2.24, 2.45) is 0 Å². The molecule has 17 heavy (non-hydrogen) atoms. The van der Waals surface area contributed by atoms with Crippen LogP contribution in [0.1, 0.15) is 23.5 Å². The molecule has 0 unspecified atom stereocenters. The molecule has 1 rings (SSSR count). The average molecular weight is 276 g/mol. The number of halogens is 1. The Bertz CT molecular complexity index is 420. The number of thiazole rings is 1. The lowest BCUT2D eigenvalue weighted by Crippen LogP contribution is -2.38. The van der Waals surface area contributed by atoms with Crippen LogP contribution in [-0.4, -0.2) is 36.8 Å². The van der Waals surface area contributed by atoms with Crippen molar-refractivity contribution in [3.63, 3.8) is 0 Å². The van der Waals surface area contributed by atoms with Crippen LogP contribution < -0.4 is 10.2 Å². The summed E-state index contributed by atoms with van der Waals surface area (Å²) in [7, 11) is 1.73. The van der Waals surface area contributed by atoms with Gasteiger partial charge in [0.05, 0.1) is 6.54 Å². The van der Waals surface area contributed by atoms with E-state index in [0.717, 1.165) is 11.3 Å². The van der Waals surface area contributed by atoms with Gasteiger partial charge in [0.25, 0.3) is 0 Å². The Labute approximate surface area is 109 Å². The minimum Gasteiger partial charge on any atom is -0.352 e. The van der Waals surface area contributed by atoms with E-state index >= 15 is 0 Å². The molecule has 0 spiro atoms. The summed E-state index contributed by atoms with van der Waals surface area (Å²) < 4.78 is 0. The minimum absolute atomic E-state index is 0.0959. The van der Waals surface area contributed by atoms with E-state index in [0.29, 0.717) is 16.3 Å². The predicted octanol–water partition coefficient (Wildman–Crippen LogP) is 1.57. The van der Waals surface area contributed by atoms with Gasteiger partial charge in [0.1, 0.15) is 4.88 Å². The minimum atomic E-state index is -0.0959. The Morgan fingerprint density at radius 2 is 2.29 bits per heavy atom. The summed E-state index contributed by atoms with van der Waals surface area (Å²) >= 11 is 6.91. The summed E-state index contributed by atoms with van der Waals surface area (Å²) in [5, 5.41) is 3.50. The molecule has 1 aromatic rings. The third-order valence-corrected chi connectivity index (χ3v) is 3.36. The molecule has 0 saturated carbocycles. The second-order valence-corrected chi connectivity index (χ2v) is 5.21. The topological polar surface area (TPSA) is 62.3 Å². The van der Waals surface area contributed by atoms with Crippen molar-refractivity contribution in [2.75, 3.05) is 18.5 Å². The third-order valence-electron chi connectivity index (χ3n) is 1.86. The molecule has 0 bridgehead atoms. The first-order chi connectivity index (χ1) is 7.93. The van der Waals surface area contributed by atoms with E-state index < -0.39 is 0 Å². The Morgan fingerprint density at radius 3 is 2.76 bits per heavy atom. The van der Waals surface area contributed by atoms with Crippen LogP contribution in [0, 0.1) is 0 Å². The van der Waals surface area contributed by atoms with Gasteiger partial charge in [-0.15, -0.1) is 0 Å². The first kappa shape index (κ1) is 13.9. The molecular weight excluding hydrogens is 262 g/mol. The highest BCUT2D eigenvalue weighted by Crippen LogP contribution is 2.27. The first-order valence-electron chi connectivity index (χ1n) is 5.06. The Kier molecular flexibility index (Phi) is 4.89. The van der Waals surface area contributed by atoms with Crippen LogP contribution in [0.5, 0.6) is 0 Å². The highest BCUT2D eigenvalue weighted by atomic mass is 35.5. The summed E-state index contributed by atoms with van der Waals surface area (Å²) in [4.78, 5) is 28.2. The molecule has 0 radical (unpaired) electrons. The molecule has 94 valence electrons. The van der Waals surface area contributed by atoms with Crippen molar-refractivity contribution < 1.29 is 9.59 Å². The summed E-state index contributed by atoms with van der Waals surface area (Å²) in [5.41, 5.74) is 0. The normalized spacial score (nSPS) is 10.4. The number of hydrogen-bond acceptors (Lipinski definition) is 5. The number of carbonyl (C=O) groups excluding carboxylic acids is 2. The van der Waals surface area contributed by atoms with Crippen LogP contribution in [0.3, 0.4) is 0 Å². The monoisotopic (exact) mass is 275 g/mol. The van der Waals surface area contributed by atoms with Gasteiger partial charge in [-0.05, 0) is 13.8 Å². The molecule has 1 aromatic heterocycles. The van der Waals surface area contributed by atoms with E-state index in [1.807, 2.05) is 13.8 Å². The van der Waals surface area contributed by atoms with Gasteiger partial charge in [0.2, 0.25) is 5.91 Å². The number of anilines is 1. The van der Waals surface area contributed by atoms with Crippen molar-refractivity contribution in [1.82, 2.24) is 10.3 Å². The van der Waals surface area contributed by atoms with E-state index in [1.54, 1.807) is 11.9 Å². The molecule has 7 heteroatoms. The lowest BCUT2D eigenvalue weighted by Gasteiger charge is -2.16. The number of nitrogens with one attached hydrogen (secondary N) is 1. The van der Waals surface area contributed by atoms with E-state index in [1.165, 1.54) is 0 Å². The lowest BCUT2D eigenvalue weighted by atomic mass is 10.4. The molecule has 1 N–H and O–H groups in total. The van der Waals surface area contributed by atoms with Crippen molar-refractivity contribution >= 4 is 40.3 Å². The standard InChI is InChI=1S/C10H14ClN3O2S/c1-6(2)12-8(16)4-14(3)10-13-9(11)7(5-15)17-10/h5-6H,4H2,1-3H3,(H,12,16). The molecule has 1 heterocycles. The van der Waals surface area contributed by atoms with Gasteiger partial charge in [-0.3, -0.25) is 9.59 Å². The molecule has 0 aromatic carbocycles. The second-order valence-electron chi connectivity index (χ2n) is 3.85. The van der Waals surface area contributed by atoms with E-state index in [2.05, 4.69) is 10.3 Å². The van der Waals surface area contributed by atoms with E-state index in [4.69, 9.17) is 11.6 Å². The van der Waals surface area contributed by atoms with E-state index in [9.17, 15) is 9.59 Å². The van der Waals surface area contributed by atoms with Crippen molar-refractivity contribution in [3.8, 4) is 0 Å². The molecule has 0 aliphatic heterocycles. The van der Waals surface area contributed by atoms with Gasteiger partial charge < -0.3 is 10.2 Å². The molecule has 0 saturated heterocycles. The summed E-state index contributed by atoms with van der Waals surface area (Å²) in [6.45, 7) is 3.96. The first-order valence-corrected chi connectivity index (χ1v) is 6.25. The number of aromatic nitrogens is 1. The molecule has 0 aliphatic carbocycles. The van der Waals surface area contributed by atoms with Crippen LogP contribution in [0.4, 0.5) is 5.13 Å². The third kappa shape index (κ3) is 3.98. The number of aldehydes is 1. The molecule has 1 amide bonds. The van der Waals surface area contributed by atoms with Gasteiger partial charge in [-0.2, -0.15) is 0 Å². The van der Waals surface area contributed by atoms with E-state index in [-0.39, 0.29) is 23.6 Å². The number of amides is 1. The average Bonchev–Trinajstić information content (AvgIpc) is 2.58. The summed E-state index contributed by atoms with van der Waals surface area (Å²) in [6.07, 6.45) is 0.658. The number of rotatable bonds is 5. The smallest absolute Gasteiger partial charge is 0.239 e. The van der Waals surface area contributed by atoms with Crippen LogP contribution in [-0.2, 0) is 4.79 Å². The van der Waals surface area contributed by atoms with Gasteiger partial charge >= 0.3 is 0 Å². The van der Waals surface area contributed by atoms with Crippen LogP contribution in [0.2, 0.25) is 5.15 Å². The Morgan fingerprint density at radius 1 is 1.65 bits per heavy atom. The number of nitrogens with zero attached hydrogens (tertiary/aromatic N) is 2. The largest absolute Gasteiger partial charge is 0.352 e. The van der Waals surface area contributed by atoms with Gasteiger partial charge in [0.15, 0.2) is 16.6 Å². The number of likely N-dealkylation sites (N-methyl/N-ethyl adjacent to an activating group) is 1. The quantitative estimate of drug-likeness (QED) is 0.829. The predicted molar refractivity (Wildman–Crippen MR) is 69.1 cm³/mol. The Hall–Kier alpha value is -1.14. The van der Waals surface area contributed by atoms with Crippen LogP contribution in [0.25, 0.3) is 0 Å². The van der Waals surface area contributed by atoms with Crippen molar-refractivity contribution in [3.05, 3.63) is 10.0 Å². The maximum atomic E-state index is 11.5. The molecular formula is C10H14ClN3O2S. The second kappa shape index (κ2) is 5.97. The zero-order valence-electron chi connectivity index (χ0n) is 9.86.